The summed E-state index contributed by atoms with van der Waals surface area (Å²) in [6.07, 6.45) is 3.03. The first kappa shape index (κ1) is 15.3. The lowest BCUT2D eigenvalue weighted by atomic mass is 9.93. The molecule has 1 saturated carbocycles. The van der Waals surface area contributed by atoms with Gasteiger partial charge in [-0.3, -0.25) is 0 Å². The number of hydrogen-bond donors (Lipinski definition) is 2. The third-order valence-corrected chi connectivity index (χ3v) is 5.58. The molecule has 1 aliphatic carbocycles. The van der Waals surface area contributed by atoms with Crippen LogP contribution >= 0.6 is 0 Å². The van der Waals surface area contributed by atoms with Crippen LogP contribution in [0.5, 0.6) is 0 Å². The van der Waals surface area contributed by atoms with E-state index in [4.69, 9.17) is 0 Å². The summed E-state index contributed by atoms with van der Waals surface area (Å²) >= 11 is 0. The zero-order valence-electron chi connectivity index (χ0n) is 11.9. The van der Waals surface area contributed by atoms with Gasteiger partial charge in [0.15, 0.2) is 0 Å². The zero-order valence-corrected chi connectivity index (χ0v) is 12.7. The van der Waals surface area contributed by atoms with E-state index in [2.05, 4.69) is 5.32 Å². The molecule has 1 fully saturated rings. The highest BCUT2D eigenvalue weighted by atomic mass is 32.2. The number of aliphatic hydroxyl groups is 1. The molecule has 20 heavy (non-hydrogen) atoms. The van der Waals surface area contributed by atoms with Gasteiger partial charge in [-0.15, -0.1) is 0 Å². The highest BCUT2D eigenvalue weighted by Crippen LogP contribution is 2.27. The minimum absolute atomic E-state index is 0.214. The Kier molecular flexibility index (Phi) is 4.67. The molecule has 0 amide bonds. The number of nitrogens with one attached hydrogen (secondary N) is 1. The summed E-state index contributed by atoms with van der Waals surface area (Å²) in [6, 6.07) is 7.19. The lowest BCUT2D eigenvalue weighted by Crippen LogP contribution is -2.30. The van der Waals surface area contributed by atoms with E-state index in [9.17, 15) is 13.5 Å². The highest BCUT2D eigenvalue weighted by Gasteiger charge is 2.24. The minimum atomic E-state index is -3.45. The predicted octanol–water partition coefficient (Wildman–Crippen LogP) is 1.65. The van der Waals surface area contributed by atoms with Crippen LogP contribution in [0.3, 0.4) is 0 Å². The van der Waals surface area contributed by atoms with Crippen molar-refractivity contribution in [2.24, 2.45) is 0 Å². The molecule has 112 valence electrons. The van der Waals surface area contributed by atoms with Crippen LogP contribution in [0.4, 0.5) is 5.69 Å². The maximum Gasteiger partial charge on any atom is 0.244 e. The molecule has 0 radical (unpaired) electrons. The molecule has 0 atom stereocenters. The summed E-state index contributed by atoms with van der Waals surface area (Å²) < 4.78 is 25.8. The first-order chi connectivity index (χ1) is 9.41. The van der Waals surface area contributed by atoms with Crippen LogP contribution in [0.25, 0.3) is 0 Å². The van der Waals surface area contributed by atoms with Crippen molar-refractivity contribution < 1.29 is 13.5 Å². The molecule has 5 nitrogen and oxygen atoms in total. The van der Waals surface area contributed by atoms with Gasteiger partial charge < -0.3 is 10.4 Å². The first-order valence-electron chi connectivity index (χ1n) is 6.87. The monoisotopic (exact) mass is 298 g/mol. The van der Waals surface area contributed by atoms with Gasteiger partial charge in [0.05, 0.1) is 11.8 Å². The SMILES string of the molecule is CN(C)S(=O)(=O)c1ccccc1NC1CCC(O)CC1. The summed E-state index contributed by atoms with van der Waals surface area (Å²) in [5.74, 6) is 0. The molecule has 0 aromatic heterocycles. The third-order valence-electron chi connectivity index (χ3n) is 3.70. The zero-order chi connectivity index (χ0) is 14.8. The van der Waals surface area contributed by atoms with Crippen LogP contribution in [0.15, 0.2) is 29.2 Å². The molecule has 0 heterocycles. The van der Waals surface area contributed by atoms with Gasteiger partial charge in [-0.2, -0.15) is 0 Å². The molecule has 0 unspecified atom stereocenters. The molecule has 1 aromatic carbocycles. The molecule has 1 aliphatic rings. The Morgan fingerprint density at radius 1 is 1.15 bits per heavy atom. The molecule has 2 N–H and O–H groups in total. The number of nitrogens with zero attached hydrogens (tertiary/aromatic N) is 1. The van der Waals surface area contributed by atoms with Crippen molar-refractivity contribution in [2.45, 2.75) is 42.7 Å². The average molecular weight is 298 g/mol. The van der Waals surface area contributed by atoms with Crippen molar-refractivity contribution >= 4 is 15.7 Å². The quantitative estimate of drug-likeness (QED) is 0.887. The largest absolute Gasteiger partial charge is 0.393 e. The number of para-hydroxylation sites is 1. The van der Waals surface area contributed by atoms with Gasteiger partial charge in [0.1, 0.15) is 4.90 Å². The Hall–Kier alpha value is -1.11. The Bertz CT molecular complexity index is 549. The van der Waals surface area contributed by atoms with Gasteiger partial charge in [0.25, 0.3) is 0 Å². The van der Waals surface area contributed by atoms with Crippen LogP contribution in [0, 0.1) is 0 Å². The number of sulfonamides is 1. The topological polar surface area (TPSA) is 69.6 Å². The summed E-state index contributed by atoms with van der Waals surface area (Å²) in [5, 5.41) is 12.8. The van der Waals surface area contributed by atoms with Gasteiger partial charge in [-0.1, -0.05) is 12.1 Å². The number of anilines is 1. The van der Waals surface area contributed by atoms with Crippen LogP contribution in [0.1, 0.15) is 25.7 Å². The summed E-state index contributed by atoms with van der Waals surface area (Å²) in [7, 11) is -0.386. The maximum absolute atomic E-state index is 12.3. The molecular weight excluding hydrogens is 276 g/mol. The van der Waals surface area contributed by atoms with Gasteiger partial charge in [-0.05, 0) is 37.8 Å². The predicted molar refractivity (Wildman–Crippen MR) is 79.2 cm³/mol. The minimum Gasteiger partial charge on any atom is -0.393 e. The number of rotatable bonds is 4. The summed E-state index contributed by atoms with van der Waals surface area (Å²) in [5.41, 5.74) is 0.641. The second kappa shape index (κ2) is 6.11. The van der Waals surface area contributed by atoms with E-state index in [0.717, 1.165) is 25.7 Å². The molecule has 0 aliphatic heterocycles. The summed E-state index contributed by atoms with van der Waals surface area (Å²) in [6.45, 7) is 0. The van der Waals surface area contributed by atoms with E-state index in [1.54, 1.807) is 18.2 Å². The van der Waals surface area contributed by atoms with Crippen molar-refractivity contribution in [3.63, 3.8) is 0 Å². The van der Waals surface area contributed by atoms with E-state index < -0.39 is 10.0 Å². The van der Waals surface area contributed by atoms with Crippen molar-refractivity contribution in [3.8, 4) is 0 Å². The maximum atomic E-state index is 12.3. The normalized spacial score (nSPS) is 23.8. The van der Waals surface area contributed by atoms with Crippen molar-refractivity contribution in [1.29, 1.82) is 0 Å². The van der Waals surface area contributed by atoms with E-state index in [0.29, 0.717) is 10.6 Å². The first-order valence-corrected chi connectivity index (χ1v) is 8.31. The van der Waals surface area contributed by atoms with Crippen LogP contribution in [-0.4, -0.2) is 44.1 Å². The molecule has 0 saturated heterocycles. The fraction of sp³-hybridized carbons (Fsp3) is 0.571. The standard InChI is InChI=1S/C14H22N2O3S/c1-16(2)20(18,19)14-6-4-3-5-13(14)15-11-7-9-12(17)10-8-11/h3-6,11-12,15,17H,7-10H2,1-2H3. The van der Waals surface area contributed by atoms with E-state index in [1.165, 1.54) is 18.4 Å². The molecule has 0 bridgehead atoms. The lowest BCUT2D eigenvalue weighted by molar-refractivity contribution is 0.126. The lowest BCUT2D eigenvalue weighted by Gasteiger charge is -2.28. The van der Waals surface area contributed by atoms with Crippen LogP contribution in [-0.2, 0) is 10.0 Å². The van der Waals surface area contributed by atoms with Gasteiger partial charge in [-0.25, -0.2) is 12.7 Å². The number of hydrogen-bond acceptors (Lipinski definition) is 4. The Labute approximate surface area is 120 Å². The average Bonchev–Trinajstić information content (AvgIpc) is 2.41. The smallest absolute Gasteiger partial charge is 0.244 e. The van der Waals surface area contributed by atoms with Crippen molar-refractivity contribution in [3.05, 3.63) is 24.3 Å². The van der Waals surface area contributed by atoms with Crippen molar-refractivity contribution in [1.82, 2.24) is 4.31 Å². The van der Waals surface area contributed by atoms with Crippen LogP contribution < -0.4 is 5.32 Å². The van der Waals surface area contributed by atoms with Crippen LogP contribution in [0.2, 0.25) is 0 Å². The Balaban J connectivity index is 2.21. The second-order valence-corrected chi connectivity index (χ2v) is 7.55. The van der Waals surface area contributed by atoms with Gasteiger partial charge >= 0.3 is 0 Å². The van der Waals surface area contributed by atoms with Crippen molar-refractivity contribution in [2.75, 3.05) is 19.4 Å². The molecule has 6 heteroatoms. The summed E-state index contributed by atoms with van der Waals surface area (Å²) in [4.78, 5) is 0.302. The fourth-order valence-corrected chi connectivity index (χ4v) is 3.50. The number of benzene rings is 1. The van der Waals surface area contributed by atoms with Gasteiger partial charge in [0, 0.05) is 20.1 Å². The molecule has 1 aromatic rings. The Morgan fingerprint density at radius 3 is 2.35 bits per heavy atom. The molecule has 0 spiro atoms. The Morgan fingerprint density at radius 2 is 1.75 bits per heavy atom. The number of aliphatic hydroxyl groups excluding tert-OH is 1. The van der Waals surface area contributed by atoms with E-state index in [1.807, 2.05) is 6.07 Å². The fourth-order valence-electron chi connectivity index (χ4n) is 2.45. The molecular formula is C14H22N2O3S. The molecule has 2 rings (SSSR count). The van der Waals surface area contributed by atoms with E-state index >= 15 is 0 Å². The second-order valence-electron chi connectivity index (χ2n) is 5.43. The highest BCUT2D eigenvalue weighted by molar-refractivity contribution is 7.89. The van der Waals surface area contributed by atoms with E-state index in [-0.39, 0.29) is 12.1 Å². The van der Waals surface area contributed by atoms with Gasteiger partial charge in [0.2, 0.25) is 10.0 Å². The third kappa shape index (κ3) is 3.31.